The van der Waals surface area contributed by atoms with Crippen LogP contribution in [-0.2, 0) is 20.6 Å². The van der Waals surface area contributed by atoms with Crippen molar-refractivity contribution < 1.29 is 14.0 Å². The third kappa shape index (κ3) is 2.92. The summed E-state index contributed by atoms with van der Waals surface area (Å²) in [4.78, 5) is 0. The Morgan fingerprint density at radius 2 is 1.85 bits per heavy atom. The van der Waals surface area contributed by atoms with E-state index in [0.29, 0.717) is 0 Å². The Labute approximate surface area is 121 Å². The Morgan fingerprint density at radius 1 is 1.25 bits per heavy atom. The van der Waals surface area contributed by atoms with Gasteiger partial charge in [-0.25, -0.2) is 0 Å². The molecule has 0 radical (unpaired) electrons. The van der Waals surface area contributed by atoms with Crippen LogP contribution in [0.25, 0.3) is 0 Å². The van der Waals surface area contributed by atoms with Gasteiger partial charge in [-0.1, -0.05) is 0 Å². The highest BCUT2D eigenvalue weighted by molar-refractivity contribution is 6.62. The molecular weight excluding hydrogens is 255 g/mol. The zero-order valence-electron chi connectivity index (χ0n) is 13.4. The SMILES string of the molecule is COCCCn1cc(B2OC(C)(C)C(C)(C)O2)c(C)n1. The zero-order chi connectivity index (χ0) is 15.0. The van der Waals surface area contributed by atoms with E-state index in [2.05, 4.69) is 32.8 Å². The topological polar surface area (TPSA) is 45.5 Å². The number of ether oxygens (including phenoxy) is 1. The summed E-state index contributed by atoms with van der Waals surface area (Å²) in [6, 6.07) is 0. The summed E-state index contributed by atoms with van der Waals surface area (Å²) >= 11 is 0. The zero-order valence-corrected chi connectivity index (χ0v) is 13.4. The summed E-state index contributed by atoms with van der Waals surface area (Å²) in [7, 11) is 1.38. The molecule has 112 valence electrons. The quantitative estimate of drug-likeness (QED) is 0.606. The first-order chi connectivity index (χ1) is 9.27. The Bertz CT molecular complexity index is 455. The van der Waals surface area contributed by atoms with Gasteiger partial charge < -0.3 is 14.0 Å². The van der Waals surface area contributed by atoms with Crippen LogP contribution in [0, 0.1) is 6.92 Å². The molecule has 0 spiro atoms. The monoisotopic (exact) mass is 280 g/mol. The standard InChI is InChI=1S/C14H25BN2O3/c1-11-12(10-17(16-11)8-7-9-18-6)15-19-13(2,3)14(4,5)20-15/h10H,7-9H2,1-6H3. The van der Waals surface area contributed by atoms with E-state index in [1.807, 2.05) is 17.8 Å². The molecule has 0 saturated carbocycles. The van der Waals surface area contributed by atoms with Crippen molar-refractivity contribution in [3.8, 4) is 0 Å². The van der Waals surface area contributed by atoms with Crippen LogP contribution in [-0.4, -0.2) is 41.8 Å². The minimum atomic E-state index is -0.337. The average Bonchev–Trinajstić information content (AvgIpc) is 2.78. The van der Waals surface area contributed by atoms with Gasteiger partial charge >= 0.3 is 7.12 Å². The van der Waals surface area contributed by atoms with Crippen LogP contribution >= 0.6 is 0 Å². The molecule has 0 amide bonds. The number of nitrogens with zero attached hydrogens (tertiary/aromatic N) is 2. The lowest BCUT2D eigenvalue weighted by atomic mass is 9.79. The average molecular weight is 280 g/mol. The molecule has 2 rings (SSSR count). The predicted molar refractivity (Wildman–Crippen MR) is 79.2 cm³/mol. The lowest BCUT2D eigenvalue weighted by molar-refractivity contribution is 0.00578. The van der Waals surface area contributed by atoms with Crippen molar-refractivity contribution in [3.63, 3.8) is 0 Å². The summed E-state index contributed by atoms with van der Waals surface area (Å²) in [5.41, 5.74) is 1.34. The molecule has 1 fully saturated rings. The molecule has 0 bridgehead atoms. The number of aryl methyl sites for hydroxylation is 2. The van der Waals surface area contributed by atoms with Crippen LogP contribution in [0.2, 0.25) is 0 Å². The fraction of sp³-hybridized carbons (Fsp3) is 0.786. The molecule has 1 aromatic heterocycles. The van der Waals surface area contributed by atoms with Crippen LogP contribution < -0.4 is 5.46 Å². The Hall–Kier alpha value is -0.845. The Morgan fingerprint density at radius 3 is 2.40 bits per heavy atom. The van der Waals surface area contributed by atoms with Crippen molar-refractivity contribution in [1.82, 2.24) is 9.78 Å². The molecule has 1 aromatic rings. The molecule has 6 heteroatoms. The molecule has 0 atom stereocenters. The third-order valence-electron chi connectivity index (χ3n) is 4.23. The largest absolute Gasteiger partial charge is 0.498 e. The van der Waals surface area contributed by atoms with E-state index in [0.717, 1.165) is 30.7 Å². The van der Waals surface area contributed by atoms with E-state index in [-0.39, 0.29) is 18.3 Å². The first kappa shape index (κ1) is 15.5. The first-order valence-electron chi connectivity index (χ1n) is 7.15. The Kier molecular flexibility index (Phi) is 4.28. The number of hydrogen-bond donors (Lipinski definition) is 0. The maximum Gasteiger partial charge on any atom is 0.498 e. The highest BCUT2D eigenvalue weighted by atomic mass is 16.7. The molecule has 1 aliphatic rings. The molecule has 0 aliphatic carbocycles. The highest BCUT2D eigenvalue weighted by Gasteiger charge is 2.52. The van der Waals surface area contributed by atoms with Crippen molar-refractivity contribution in [2.75, 3.05) is 13.7 Å². The van der Waals surface area contributed by atoms with Crippen molar-refractivity contribution in [2.45, 2.75) is 58.8 Å². The molecule has 5 nitrogen and oxygen atoms in total. The van der Waals surface area contributed by atoms with Crippen molar-refractivity contribution in [1.29, 1.82) is 0 Å². The molecule has 0 aromatic carbocycles. The van der Waals surface area contributed by atoms with Gasteiger partial charge in [0.25, 0.3) is 0 Å². The van der Waals surface area contributed by atoms with Gasteiger partial charge in [0.05, 0.1) is 16.9 Å². The smallest absolute Gasteiger partial charge is 0.399 e. The summed E-state index contributed by atoms with van der Waals surface area (Å²) in [6.45, 7) is 11.8. The lowest BCUT2D eigenvalue weighted by Crippen LogP contribution is -2.41. The molecule has 20 heavy (non-hydrogen) atoms. The van der Waals surface area contributed by atoms with Crippen molar-refractivity contribution >= 4 is 12.6 Å². The van der Waals surface area contributed by atoms with Gasteiger partial charge in [0.15, 0.2) is 0 Å². The van der Waals surface area contributed by atoms with Crippen LogP contribution in [0.15, 0.2) is 6.20 Å². The van der Waals surface area contributed by atoms with Gasteiger partial charge in [-0.15, -0.1) is 0 Å². The van der Waals surface area contributed by atoms with Gasteiger partial charge in [-0.3, -0.25) is 4.68 Å². The second kappa shape index (κ2) is 5.50. The minimum absolute atomic E-state index is 0.317. The summed E-state index contributed by atoms with van der Waals surface area (Å²) in [5.74, 6) is 0. The normalized spacial score (nSPS) is 20.6. The second-order valence-electron chi connectivity index (χ2n) is 6.37. The first-order valence-corrected chi connectivity index (χ1v) is 7.15. The maximum absolute atomic E-state index is 6.07. The third-order valence-corrected chi connectivity index (χ3v) is 4.23. The summed E-state index contributed by atoms with van der Waals surface area (Å²) in [6.07, 6.45) is 2.97. The highest BCUT2D eigenvalue weighted by Crippen LogP contribution is 2.36. The minimum Gasteiger partial charge on any atom is -0.399 e. The van der Waals surface area contributed by atoms with Gasteiger partial charge in [-0.05, 0) is 41.0 Å². The van der Waals surface area contributed by atoms with E-state index >= 15 is 0 Å². The fourth-order valence-electron chi connectivity index (χ4n) is 2.22. The number of methoxy groups -OCH3 is 1. The number of hydrogen-bond acceptors (Lipinski definition) is 4. The number of aromatic nitrogens is 2. The van der Waals surface area contributed by atoms with Crippen molar-refractivity contribution in [2.24, 2.45) is 0 Å². The van der Waals surface area contributed by atoms with Gasteiger partial charge in [-0.2, -0.15) is 5.10 Å². The van der Waals surface area contributed by atoms with Gasteiger partial charge in [0, 0.05) is 31.9 Å². The van der Waals surface area contributed by atoms with E-state index in [1.165, 1.54) is 0 Å². The number of rotatable bonds is 5. The molecular formula is C14H25BN2O3. The molecule has 2 heterocycles. The molecule has 0 unspecified atom stereocenters. The van der Waals surface area contributed by atoms with E-state index < -0.39 is 0 Å². The van der Waals surface area contributed by atoms with Gasteiger partial charge in [0.1, 0.15) is 0 Å². The summed E-state index contributed by atoms with van der Waals surface area (Å²) in [5, 5.41) is 4.52. The van der Waals surface area contributed by atoms with Crippen LogP contribution in [0.1, 0.15) is 39.8 Å². The van der Waals surface area contributed by atoms with Crippen LogP contribution in [0.3, 0.4) is 0 Å². The van der Waals surface area contributed by atoms with E-state index in [4.69, 9.17) is 14.0 Å². The summed E-state index contributed by atoms with van der Waals surface area (Å²) < 4.78 is 19.1. The molecule has 0 N–H and O–H groups in total. The molecule has 1 aliphatic heterocycles. The van der Waals surface area contributed by atoms with Crippen LogP contribution in [0.5, 0.6) is 0 Å². The van der Waals surface area contributed by atoms with E-state index in [1.54, 1.807) is 7.11 Å². The van der Waals surface area contributed by atoms with Crippen molar-refractivity contribution in [3.05, 3.63) is 11.9 Å². The van der Waals surface area contributed by atoms with Gasteiger partial charge in [0.2, 0.25) is 0 Å². The van der Waals surface area contributed by atoms with Crippen LogP contribution in [0.4, 0.5) is 0 Å². The lowest BCUT2D eigenvalue weighted by Gasteiger charge is -2.32. The molecule has 1 saturated heterocycles. The predicted octanol–water partition coefficient (Wildman–Crippen LogP) is 1.53. The Balaban J connectivity index is 2.10. The fourth-order valence-corrected chi connectivity index (χ4v) is 2.22. The maximum atomic E-state index is 6.07. The van der Waals surface area contributed by atoms with E-state index in [9.17, 15) is 0 Å². The second-order valence-corrected chi connectivity index (χ2v) is 6.37.